The van der Waals surface area contributed by atoms with Gasteiger partial charge < -0.3 is 10.6 Å². The lowest BCUT2D eigenvalue weighted by Crippen LogP contribution is -2.31. The zero-order valence-corrected chi connectivity index (χ0v) is 10.7. The van der Waals surface area contributed by atoms with Crippen LogP contribution in [0.1, 0.15) is 18.5 Å². The van der Waals surface area contributed by atoms with Crippen molar-refractivity contribution in [3.8, 4) is 0 Å². The summed E-state index contributed by atoms with van der Waals surface area (Å²) in [6, 6.07) is 3.83. The van der Waals surface area contributed by atoms with E-state index in [0.29, 0.717) is 5.82 Å². The molecule has 0 aromatic carbocycles. The molecule has 0 saturated carbocycles. The molecule has 1 fully saturated rings. The Hall–Kier alpha value is -1.62. The smallest absolute Gasteiger partial charge is 0.157 e. The normalized spacial score (nSPS) is 18.5. The highest BCUT2D eigenvalue weighted by atomic mass is 15.3. The lowest BCUT2D eigenvalue weighted by molar-refractivity contribution is 0.218. The van der Waals surface area contributed by atoms with E-state index in [0.717, 1.165) is 23.7 Å². The number of nitrogen functional groups attached to an aromatic ring is 1. The van der Waals surface area contributed by atoms with Gasteiger partial charge in [0.15, 0.2) is 5.65 Å². The molecular formula is C13H19N5. The Balaban J connectivity index is 1.77. The van der Waals surface area contributed by atoms with E-state index in [1.54, 1.807) is 16.8 Å². The molecule has 3 heterocycles. The molecule has 2 N–H and O–H groups in total. The fourth-order valence-corrected chi connectivity index (χ4v) is 2.62. The zero-order chi connectivity index (χ0) is 12.5. The van der Waals surface area contributed by atoms with Crippen molar-refractivity contribution in [2.45, 2.75) is 19.3 Å². The van der Waals surface area contributed by atoms with Crippen LogP contribution in [0.4, 0.5) is 5.82 Å². The molecule has 1 aliphatic rings. The number of aromatic nitrogens is 3. The van der Waals surface area contributed by atoms with Gasteiger partial charge in [-0.05, 0) is 51.4 Å². The number of piperidine rings is 1. The maximum absolute atomic E-state index is 5.87. The fraction of sp³-hybridized carbons (Fsp3) is 0.538. The van der Waals surface area contributed by atoms with Crippen LogP contribution in [0.2, 0.25) is 0 Å². The van der Waals surface area contributed by atoms with Crippen LogP contribution in [0.3, 0.4) is 0 Å². The molecule has 0 radical (unpaired) electrons. The molecule has 1 saturated heterocycles. The minimum atomic E-state index is 0.648. The lowest BCUT2D eigenvalue weighted by Gasteiger charge is -2.28. The third-order valence-electron chi connectivity index (χ3n) is 3.77. The van der Waals surface area contributed by atoms with Crippen LogP contribution in [0.15, 0.2) is 18.3 Å². The summed E-state index contributed by atoms with van der Waals surface area (Å²) in [5.74, 6) is 1.39. The van der Waals surface area contributed by atoms with E-state index in [2.05, 4.69) is 28.1 Å². The van der Waals surface area contributed by atoms with E-state index >= 15 is 0 Å². The Morgan fingerprint density at radius 3 is 2.89 bits per heavy atom. The molecule has 0 unspecified atom stereocenters. The SMILES string of the molecule is CN1CCC(Cc2cc3nccc(N)n3n2)CC1. The van der Waals surface area contributed by atoms with E-state index in [1.807, 2.05) is 0 Å². The van der Waals surface area contributed by atoms with Crippen LogP contribution in [-0.2, 0) is 6.42 Å². The average molecular weight is 245 g/mol. The largest absolute Gasteiger partial charge is 0.384 e. The summed E-state index contributed by atoms with van der Waals surface area (Å²) in [6.45, 7) is 2.39. The summed E-state index contributed by atoms with van der Waals surface area (Å²) < 4.78 is 1.73. The summed E-state index contributed by atoms with van der Waals surface area (Å²) in [4.78, 5) is 6.67. The van der Waals surface area contributed by atoms with Crippen LogP contribution >= 0.6 is 0 Å². The maximum Gasteiger partial charge on any atom is 0.157 e. The van der Waals surface area contributed by atoms with Gasteiger partial charge in [0.05, 0.1) is 5.69 Å². The van der Waals surface area contributed by atoms with Gasteiger partial charge in [-0.2, -0.15) is 9.61 Å². The van der Waals surface area contributed by atoms with E-state index in [1.165, 1.54) is 25.9 Å². The summed E-state index contributed by atoms with van der Waals surface area (Å²) in [5.41, 5.74) is 7.83. The predicted molar refractivity (Wildman–Crippen MR) is 71.3 cm³/mol. The molecule has 2 aromatic heterocycles. The molecule has 0 amide bonds. The molecule has 5 heteroatoms. The number of likely N-dealkylation sites (tertiary alicyclic amines) is 1. The minimum Gasteiger partial charge on any atom is -0.384 e. The summed E-state index contributed by atoms with van der Waals surface area (Å²) in [5, 5.41) is 4.54. The first-order valence-corrected chi connectivity index (χ1v) is 6.50. The molecule has 5 nitrogen and oxygen atoms in total. The zero-order valence-electron chi connectivity index (χ0n) is 10.7. The monoisotopic (exact) mass is 245 g/mol. The number of nitrogens with zero attached hydrogens (tertiary/aromatic N) is 4. The number of hydrogen-bond donors (Lipinski definition) is 1. The molecule has 0 spiro atoms. The van der Waals surface area contributed by atoms with Gasteiger partial charge in [-0.25, -0.2) is 4.98 Å². The molecule has 18 heavy (non-hydrogen) atoms. The summed E-state index contributed by atoms with van der Waals surface area (Å²) >= 11 is 0. The molecule has 1 aliphatic heterocycles. The Labute approximate surface area is 107 Å². The van der Waals surface area contributed by atoms with Gasteiger partial charge in [-0.15, -0.1) is 0 Å². The van der Waals surface area contributed by atoms with Crippen molar-refractivity contribution in [1.29, 1.82) is 0 Å². The Morgan fingerprint density at radius 1 is 1.39 bits per heavy atom. The van der Waals surface area contributed by atoms with Crippen LogP contribution < -0.4 is 5.73 Å². The molecule has 0 aliphatic carbocycles. The molecule has 2 aromatic rings. The fourth-order valence-electron chi connectivity index (χ4n) is 2.62. The number of anilines is 1. The van der Waals surface area contributed by atoms with E-state index in [-0.39, 0.29) is 0 Å². The second-order valence-electron chi connectivity index (χ2n) is 5.23. The van der Waals surface area contributed by atoms with E-state index in [9.17, 15) is 0 Å². The summed E-state index contributed by atoms with van der Waals surface area (Å²) in [6.07, 6.45) is 5.28. The van der Waals surface area contributed by atoms with Crippen molar-refractivity contribution in [3.05, 3.63) is 24.0 Å². The molecule has 3 rings (SSSR count). The minimum absolute atomic E-state index is 0.648. The first-order chi connectivity index (χ1) is 8.72. The van der Waals surface area contributed by atoms with Crippen LogP contribution in [-0.4, -0.2) is 39.6 Å². The molecule has 96 valence electrons. The average Bonchev–Trinajstić information content (AvgIpc) is 2.76. The van der Waals surface area contributed by atoms with Crippen LogP contribution in [0.25, 0.3) is 5.65 Å². The lowest BCUT2D eigenvalue weighted by atomic mass is 9.92. The Morgan fingerprint density at radius 2 is 2.17 bits per heavy atom. The van der Waals surface area contributed by atoms with Crippen LogP contribution in [0.5, 0.6) is 0 Å². The topological polar surface area (TPSA) is 59.5 Å². The van der Waals surface area contributed by atoms with Gasteiger partial charge in [0.2, 0.25) is 0 Å². The van der Waals surface area contributed by atoms with E-state index in [4.69, 9.17) is 5.73 Å². The van der Waals surface area contributed by atoms with Gasteiger partial charge in [-0.3, -0.25) is 0 Å². The van der Waals surface area contributed by atoms with Gasteiger partial charge in [0.25, 0.3) is 0 Å². The maximum atomic E-state index is 5.87. The Bertz CT molecular complexity index is 539. The highest BCUT2D eigenvalue weighted by Crippen LogP contribution is 2.21. The van der Waals surface area contributed by atoms with Crippen molar-refractivity contribution < 1.29 is 0 Å². The highest BCUT2D eigenvalue weighted by molar-refractivity contribution is 5.46. The number of hydrogen-bond acceptors (Lipinski definition) is 4. The van der Waals surface area contributed by atoms with E-state index < -0.39 is 0 Å². The quantitative estimate of drug-likeness (QED) is 0.863. The van der Waals surface area contributed by atoms with Crippen LogP contribution in [0, 0.1) is 5.92 Å². The standard InChI is InChI=1S/C13H19N5/c1-17-6-3-10(4-7-17)8-11-9-13-15-5-2-12(14)18(13)16-11/h2,5,9-10H,3-4,6-8,14H2,1H3. The van der Waals surface area contributed by atoms with Gasteiger partial charge in [0.1, 0.15) is 5.82 Å². The third kappa shape index (κ3) is 2.18. The van der Waals surface area contributed by atoms with Crippen molar-refractivity contribution >= 4 is 11.5 Å². The predicted octanol–water partition coefficient (Wildman–Crippen LogP) is 1.20. The number of fused-ring (bicyclic) bond motifs is 1. The number of rotatable bonds is 2. The number of nitrogens with two attached hydrogens (primary N) is 1. The highest BCUT2D eigenvalue weighted by Gasteiger charge is 2.18. The van der Waals surface area contributed by atoms with Crippen molar-refractivity contribution in [2.75, 3.05) is 25.9 Å². The third-order valence-corrected chi connectivity index (χ3v) is 3.77. The molecular weight excluding hydrogens is 226 g/mol. The Kier molecular flexibility index (Phi) is 2.91. The van der Waals surface area contributed by atoms with Gasteiger partial charge in [-0.1, -0.05) is 0 Å². The first kappa shape index (κ1) is 11.5. The molecule has 0 atom stereocenters. The first-order valence-electron chi connectivity index (χ1n) is 6.50. The molecule has 0 bridgehead atoms. The second-order valence-corrected chi connectivity index (χ2v) is 5.23. The van der Waals surface area contributed by atoms with Crippen molar-refractivity contribution in [1.82, 2.24) is 19.5 Å². The van der Waals surface area contributed by atoms with Crippen molar-refractivity contribution in [3.63, 3.8) is 0 Å². The van der Waals surface area contributed by atoms with Crippen molar-refractivity contribution in [2.24, 2.45) is 5.92 Å². The van der Waals surface area contributed by atoms with Gasteiger partial charge >= 0.3 is 0 Å². The second kappa shape index (κ2) is 4.57. The summed E-state index contributed by atoms with van der Waals surface area (Å²) in [7, 11) is 2.19. The van der Waals surface area contributed by atoms with Gasteiger partial charge in [0, 0.05) is 12.3 Å².